The Balaban J connectivity index is 1.91. The molecule has 5 heteroatoms. The highest BCUT2D eigenvalue weighted by Gasteiger charge is 2.05. The monoisotopic (exact) mass is 249 g/mol. The first-order valence-corrected chi connectivity index (χ1v) is 6.05. The highest BCUT2D eigenvalue weighted by atomic mass is 16.5. The van der Waals surface area contributed by atoms with Crippen molar-refractivity contribution in [1.29, 1.82) is 0 Å². The van der Waals surface area contributed by atoms with Crippen LogP contribution < -0.4 is 5.32 Å². The van der Waals surface area contributed by atoms with Crippen LogP contribution in [0.15, 0.2) is 28.9 Å². The standard InChI is InChI=1S/C13H19N3O2/c1-11-8-13(18-15-11)10-16-6-3-4-12(16)9-14-5-7-17-2/h3-4,6,8,14H,5,7,9-10H2,1-2H3. The van der Waals surface area contributed by atoms with Crippen LogP contribution in [0.5, 0.6) is 0 Å². The number of ether oxygens (including phenoxy) is 1. The molecule has 0 fully saturated rings. The minimum Gasteiger partial charge on any atom is -0.383 e. The van der Waals surface area contributed by atoms with E-state index in [1.165, 1.54) is 5.69 Å². The molecule has 0 spiro atoms. The molecule has 1 N–H and O–H groups in total. The van der Waals surface area contributed by atoms with Crippen LogP contribution in [0.1, 0.15) is 17.1 Å². The number of aromatic nitrogens is 2. The van der Waals surface area contributed by atoms with Gasteiger partial charge in [-0.15, -0.1) is 0 Å². The number of nitrogens with zero attached hydrogens (tertiary/aromatic N) is 2. The topological polar surface area (TPSA) is 52.2 Å². The van der Waals surface area contributed by atoms with Crippen LogP contribution in [0, 0.1) is 6.92 Å². The summed E-state index contributed by atoms with van der Waals surface area (Å²) in [6.07, 6.45) is 2.05. The second-order valence-corrected chi connectivity index (χ2v) is 4.23. The molecule has 0 aliphatic rings. The van der Waals surface area contributed by atoms with Crippen LogP contribution in [0.2, 0.25) is 0 Å². The highest BCUT2D eigenvalue weighted by molar-refractivity contribution is 5.11. The maximum absolute atomic E-state index is 5.22. The highest BCUT2D eigenvalue weighted by Crippen LogP contribution is 2.09. The predicted molar refractivity (Wildman–Crippen MR) is 68.4 cm³/mol. The first-order chi connectivity index (χ1) is 8.79. The quantitative estimate of drug-likeness (QED) is 0.757. The third-order valence-electron chi connectivity index (χ3n) is 2.72. The number of rotatable bonds is 7. The van der Waals surface area contributed by atoms with E-state index in [0.29, 0.717) is 0 Å². The first kappa shape index (κ1) is 12.9. The third-order valence-corrected chi connectivity index (χ3v) is 2.72. The van der Waals surface area contributed by atoms with Gasteiger partial charge in [-0.2, -0.15) is 0 Å². The third kappa shape index (κ3) is 3.45. The van der Waals surface area contributed by atoms with Gasteiger partial charge in [0.1, 0.15) is 0 Å². The lowest BCUT2D eigenvalue weighted by molar-refractivity contribution is 0.199. The molecule has 2 rings (SSSR count). The molecule has 0 amide bonds. The van der Waals surface area contributed by atoms with Crippen molar-refractivity contribution in [3.63, 3.8) is 0 Å². The largest absolute Gasteiger partial charge is 0.383 e. The average molecular weight is 249 g/mol. The van der Waals surface area contributed by atoms with Gasteiger partial charge in [-0.05, 0) is 19.1 Å². The number of aryl methyl sites for hydroxylation is 1. The van der Waals surface area contributed by atoms with Crippen LogP contribution in [0.25, 0.3) is 0 Å². The van der Waals surface area contributed by atoms with E-state index in [4.69, 9.17) is 9.26 Å². The van der Waals surface area contributed by atoms with Gasteiger partial charge < -0.3 is 19.1 Å². The van der Waals surface area contributed by atoms with E-state index in [9.17, 15) is 0 Å². The molecule has 0 aliphatic carbocycles. The summed E-state index contributed by atoms with van der Waals surface area (Å²) in [7, 11) is 1.70. The minimum atomic E-state index is 0.717. The predicted octanol–water partition coefficient (Wildman–Crippen LogP) is 1.57. The molecule has 5 nitrogen and oxygen atoms in total. The zero-order chi connectivity index (χ0) is 12.8. The van der Waals surface area contributed by atoms with E-state index in [2.05, 4.69) is 21.1 Å². The fourth-order valence-electron chi connectivity index (χ4n) is 1.81. The number of hydrogen-bond donors (Lipinski definition) is 1. The maximum Gasteiger partial charge on any atom is 0.156 e. The summed E-state index contributed by atoms with van der Waals surface area (Å²) in [4.78, 5) is 0. The van der Waals surface area contributed by atoms with Crippen LogP contribution in [0.3, 0.4) is 0 Å². The van der Waals surface area contributed by atoms with Crippen molar-refractivity contribution in [1.82, 2.24) is 15.0 Å². The van der Waals surface area contributed by atoms with Gasteiger partial charge in [-0.3, -0.25) is 0 Å². The lowest BCUT2D eigenvalue weighted by atomic mass is 10.3. The maximum atomic E-state index is 5.22. The van der Waals surface area contributed by atoms with Crippen LogP contribution in [-0.4, -0.2) is 30.0 Å². The molecule has 0 atom stereocenters. The molecule has 0 radical (unpaired) electrons. The van der Waals surface area contributed by atoms with Crippen molar-refractivity contribution < 1.29 is 9.26 Å². The van der Waals surface area contributed by atoms with E-state index in [1.807, 2.05) is 25.3 Å². The molecule has 0 bridgehead atoms. The van der Waals surface area contributed by atoms with Gasteiger partial charge in [0, 0.05) is 38.2 Å². The Bertz CT molecular complexity index is 476. The Labute approximate surface area is 107 Å². The number of hydrogen-bond acceptors (Lipinski definition) is 4. The molecule has 0 saturated heterocycles. The molecule has 0 saturated carbocycles. The van der Waals surface area contributed by atoms with Crippen molar-refractivity contribution in [3.05, 3.63) is 41.5 Å². The Morgan fingerprint density at radius 1 is 1.50 bits per heavy atom. The zero-order valence-electron chi connectivity index (χ0n) is 10.8. The van der Waals surface area contributed by atoms with Crippen molar-refractivity contribution in [2.24, 2.45) is 0 Å². The van der Waals surface area contributed by atoms with Gasteiger partial charge in [-0.25, -0.2) is 0 Å². The Hall–Kier alpha value is -1.59. The van der Waals surface area contributed by atoms with E-state index < -0.39 is 0 Å². The van der Waals surface area contributed by atoms with Crippen molar-refractivity contribution in [3.8, 4) is 0 Å². The van der Waals surface area contributed by atoms with Gasteiger partial charge in [-0.1, -0.05) is 5.16 Å². The molecule has 2 heterocycles. The summed E-state index contributed by atoms with van der Waals surface area (Å²) in [6.45, 7) is 5.04. The Morgan fingerprint density at radius 3 is 3.11 bits per heavy atom. The number of methoxy groups -OCH3 is 1. The van der Waals surface area contributed by atoms with E-state index in [1.54, 1.807) is 7.11 Å². The Kier molecular flexibility index (Phi) is 4.55. The van der Waals surface area contributed by atoms with Crippen LogP contribution >= 0.6 is 0 Å². The Morgan fingerprint density at radius 2 is 2.39 bits per heavy atom. The smallest absolute Gasteiger partial charge is 0.156 e. The first-order valence-electron chi connectivity index (χ1n) is 6.05. The summed E-state index contributed by atoms with van der Waals surface area (Å²) in [6, 6.07) is 6.10. The lowest BCUT2D eigenvalue weighted by Gasteiger charge is -2.08. The van der Waals surface area contributed by atoms with Crippen molar-refractivity contribution >= 4 is 0 Å². The van der Waals surface area contributed by atoms with E-state index in [0.717, 1.165) is 37.7 Å². The molecular weight excluding hydrogens is 230 g/mol. The summed E-state index contributed by atoms with van der Waals surface area (Å²) in [5.74, 6) is 0.877. The molecule has 0 aliphatic heterocycles. The molecule has 0 aromatic carbocycles. The molecule has 98 valence electrons. The van der Waals surface area contributed by atoms with Gasteiger partial charge in [0.25, 0.3) is 0 Å². The fourth-order valence-corrected chi connectivity index (χ4v) is 1.81. The zero-order valence-corrected chi connectivity index (χ0v) is 10.8. The van der Waals surface area contributed by atoms with Gasteiger partial charge in [0.2, 0.25) is 0 Å². The summed E-state index contributed by atoms with van der Waals surface area (Å²) in [5.41, 5.74) is 2.14. The molecular formula is C13H19N3O2. The molecule has 2 aromatic heterocycles. The van der Waals surface area contributed by atoms with Gasteiger partial charge in [0.15, 0.2) is 5.76 Å². The normalized spacial score (nSPS) is 11.0. The number of nitrogens with one attached hydrogen (secondary N) is 1. The average Bonchev–Trinajstić information content (AvgIpc) is 2.95. The summed E-state index contributed by atoms with van der Waals surface area (Å²) >= 11 is 0. The molecule has 0 unspecified atom stereocenters. The van der Waals surface area contributed by atoms with Crippen molar-refractivity contribution in [2.75, 3.05) is 20.3 Å². The molecule has 2 aromatic rings. The second kappa shape index (κ2) is 6.37. The van der Waals surface area contributed by atoms with E-state index in [-0.39, 0.29) is 0 Å². The molecule has 18 heavy (non-hydrogen) atoms. The SMILES string of the molecule is COCCNCc1cccn1Cc1cc(C)no1. The second-order valence-electron chi connectivity index (χ2n) is 4.23. The van der Waals surface area contributed by atoms with Gasteiger partial charge in [0.05, 0.1) is 18.8 Å². The van der Waals surface area contributed by atoms with Crippen LogP contribution in [0.4, 0.5) is 0 Å². The lowest BCUT2D eigenvalue weighted by Crippen LogP contribution is -2.20. The van der Waals surface area contributed by atoms with E-state index >= 15 is 0 Å². The van der Waals surface area contributed by atoms with Crippen LogP contribution in [-0.2, 0) is 17.8 Å². The fraction of sp³-hybridized carbons (Fsp3) is 0.462. The van der Waals surface area contributed by atoms with Crippen molar-refractivity contribution in [2.45, 2.75) is 20.0 Å². The summed E-state index contributed by atoms with van der Waals surface area (Å²) < 4.78 is 12.4. The minimum absolute atomic E-state index is 0.717. The van der Waals surface area contributed by atoms with Gasteiger partial charge >= 0.3 is 0 Å². The summed E-state index contributed by atoms with van der Waals surface area (Å²) in [5, 5.41) is 7.22.